The minimum absolute atomic E-state index is 0.321. The molecule has 0 aliphatic rings. The van der Waals surface area contributed by atoms with Crippen molar-refractivity contribution in [2.24, 2.45) is 0 Å². The van der Waals surface area contributed by atoms with Gasteiger partial charge in [-0.05, 0) is 6.92 Å². The summed E-state index contributed by atoms with van der Waals surface area (Å²) in [5, 5.41) is 0. The van der Waals surface area contributed by atoms with Crippen molar-refractivity contribution in [2.75, 3.05) is 7.11 Å². The summed E-state index contributed by atoms with van der Waals surface area (Å²) < 4.78 is 8.95. The van der Waals surface area contributed by atoms with Gasteiger partial charge in [0.2, 0.25) is 5.88 Å². The van der Waals surface area contributed by atoms with Crippen molar-refractivity contribution in [3.05, 3.63) is 10.4 Å². The van der Waals surface area contributed by atoms with Gasteiger partial charge < -0.3 is 9.47 Å². The van der Waals surface area contributed by atoms with E-state index >= 15 is 0 Å². The number of aryl methyl sites for hydroxylation is 1. The molecule has 0 spiro atoms. The molecular weight excluding hydrogens is 166 g/mol. The fraction of sp³-hybridized carbons (Fsp3) is 0.333. The van der Waals surface area contributed by atoms with Crippen molar-refractivity contribution < 1.29 is 14.3 Å². The molecule has 0 N–H and O–H groups in total. The largest absolute Gasteiger partial charge is 0.514 e. The molecule has 1 aromatic rings. The first-order valence-corrected chi connectivity index (χ1v) is 3.78. The SMILES string of the molecule is COC(=O)Oc1ncsc1C. The topological polar surface area (TPSA) is 48.4 Å². The molecule has 11 heavy (non-hydrogen) atoms. The Morgan fingerprint density at radius 3 is 2.91 bits per heavy atom. The lowest BCUT2D eigenvalue weighted by Crippen LogP contribution is -2.07. The molecule has 0 aliphatic carbocycles. The molecule has 1 aromatic heterocycles. The molecular formula is C6H7NO3S. The first kappa shape index (κ1) is 8.00. The Morgan fingerprint density at radius 2 is 2.45 bits per heavy atom. The van der Waals surface area contributed by atoms with Crippen LogP contribution in [0.2, 0.25) is 0 Å². The van der Waals surface area contributed by atoms with Gasteiger partial charge in [0.25, 0.3) is 0 Å². The quantitative estimate of drug-likeness (QED) is 0.605. The van der Waals surface area contributed by atoms with Crippen molar-refractivity contribution >= 4 is 17.5 Å². The number of thiazole rings is 1. The van der Waals surface area contributed by atoms with Crippen molar-refractivity contribution in [1.29, 1.82) is 0 Å². The fourth-order valence-electron chi connectivity index (χ4n) is 0.513. The molecule has 60 valence electrons. The van der Waals surface area contributed by atoms with Crippen LogP contribution in [0.4, 0.5) is 4.79 Å². The summed E-state index contributed by atoms with van der Waals surface area (Å²) in [6.45, 7) is 1.82. The molecule has 0 amide bonds. The Hall–Kier alpha value is -1.10. The minimum Gasteiger partial charge on any atom is -0.437 e. The first-order valence-electron chi connectivity index (χ1n) is 2.90. The van der Waals surface area contributed by atoms with E-state index in [-0.39, 0.29) is 0 Å². The third-order valence-electron chi connectivity index (χ3n) is 1.05. The van der Waals surface area contributed by atoms with Crippen LogP contribution < -0.4 is 4.74 Å². The molecule has 0 unspecified atom stereocenters. The van der Waals surface area contributed by atoms with E-state index in [0.717, 1.165) is 4.88 Å². The lowest BCUT2D eigenvalue weighted by atomic mass is 10.6. The zero-order valence-corrected chi connectivity index (χ0v) is 6.97. The van der Waals surface area contributed by atoms with Crippen LogP contribution in [0.5, 0.6) is 5.88 Å². The monoisotopic (exact) mass is 173 g/mol. The predicted octanol–water partition coefficient (Wildman–Crippen LogP) is 1.60. The highest BCUT2D eigenvalue weighted by Gasteiger charge is 2.07. The van der Waals surface area contributed by atoms with E-state index in [1.165, 1.54) is 18.4 Å². The summed E-state index contributed by atoms with van der Waals surface area (Å²) in [7, 11) is 1.25. The number of aromatic nitrogens is 1. The van der Waals surface area contributed by atoms with Crippen LogP contribution >= 0.6 is 11.3 Å². The number of carbonyl (C=O) groups excluding carboxylic acids is 1. The highest BCUT2D eigenvalue weighted by molar-refractivity contribution is 7.09. The first-order chi connectivity index (χ1) is 5.24. The van der Waals surface area contributed by atoms with Crippen molar-refractivity contribution in [3.63, 3.8) is 0 Å². The molecule has 5 heteroatoms. The second kappa shape index (κ2) is 3.34. The van der Waals surface area contributed by atoms with Gasteiger partial charge in [-0.3, -0.25) is 0 Å². The number of ether oxygens (including phenoxy) is 2. The maximum atomic E-state index is 10.6. The fourth-order valence-corrected chi connectivity index (χ4v) is 1.02. The Balaban J connectivity index is 2.64. The van der Waals surface area contributed by atoms with Gasteiger partial charge in [0.15, 0.2) is 0 Å². The van der Waals surface area contributed by atoms with Crippen LogP contribution in [0.1, 0.15) is 4.88 Å². The molecule has 0 saturated heterocycles. The number of hydrogen-bond donors (Lipinski definition) is 0. The van der Waals surface area contributed by atoms with Gasteiger partial charge >= 0.3 is 6.16 Å². The van der Waals surface area contributed by atoms with Gasteiger partial charge in [-0.2, -0.15) is 0 Å². The predicted molar refractivity (Wildman–Crippen MR) is 39.9 cm³/mol. The number of carbonyl (C=O) groups is 1. The van der Waals surface area contributed by atoms with E-state index < -0.39 is 6.16 Å². The summed E-state index contributed by atoms with van der Waals surface area (Å²) >= 11 is 1.41. The third kappa shape index (κ3) is 1.91. The van der Waals surface area contributed by atoms with E-state index in [2.05, 4.69) is 14.5 Å². The molecule has 0 saturated carbocycles. The Kier molecular flexibility index (Phi) is 2.43. The number of rotatable bonds is 1. The van der Waals surface area contributed by atoms with Gasteiger partial charge in [-0.25, -0.2) is 9.78 Å². The molecule has 0 fully saturated rings. The molecule has 1 rings (SSSR count). The molecule has 4 nitrogen and oxygen atoms in total. The Labute approximate surface area is 67.8 Å². The highest BCUT2D eigenvalue weighted by Crippen LogP contribution is 2.19. The number of hydrogen-bond acceptors (Lipinski definition) is 5. The van der Waals surface area contributed by atoms with Crippen molar-refractivity contribution in [1.82, 2.24) is 4.98 Å². The second-order valence-corrected chi connectivity index (χ2v) is 2.83. The summed E-state index contributed by atoms with van der Waals surface area (Å²) in [5.74, 6) is 0.321. The van der Waals surface area contributed by atoms with Crippen LogP contribution in [0, 0.1) is 6.92 Å². The van der Waals surface area contributed by atoms with Crippen LogP contribution in [0.25, 0.3) is 0 Å². The maximum Gasteiger partial charge on any atom is 0.514 e. The van der Waals surface area contributed by atoms with Crippen LogP contribution in [0.3, 0.4) is 0 Å². The maximum absolute atomic E-state index is 10.6. The highest BCUT2D eigenvalue weighted by atomic mass is 32.1. The van der Waals surface area contributed by atoms with Gasteiger partial charge in [-0.1, -0.05) is 0 Å². The van der Waals surface area contributed by atoms with Gasteiger partial charge in [0, 0.05) is 0 Å². The van der Waals surface area contributed by atoms with Crippen molar-refractivity contribution in [2.45, 2.75) is 6.92 Å². The lowest BCUT2D eigenvalue weighted by molar-refractivity contribution is 0.119. The standard InChI is InChI=1S/C6H7NO3S/c1-4-5(7-3-11-4)10-6(8)9-2/h3H,1-2H3. The third-order valence-corrected chi connectivity index (χ3v) is 1.79. The smallest absolute Gasteiger partial charge is 0.437 e. The zero-order chi connectivity index (χ0) is 8.27. The number of nitrogens with zero attached hydrogens (tertiary/aromatic N) is 1. The summed E-state index contributed by atoms with van der Waals surface area (Å²) in [5.41, 5.74) is 1.60. The van der Waals surface area contributed by atoms with E-state index in [4.69, 9.17) is 0 Å². The minimum atomic E-state index is -0.737. The molecule has 0 aromatic carbocycles. The molecule has 1 heterocycles. The number of methoxy groups -OCH3 is 1. The van der Waals surface area contributed by atoms with E-state index in [9.17, 15) is 4.79 Å². The molecule has 0 bridgehead atoms. The second-order valence-electron chi connectivity index (χ2n) is 1.77. The average molecular weight is 173 g/mol. The van der Waals surface area contributed by atoms with Crippen molar-refractivity contribution in [3.8, 4) is 5.88 Å². The molecule has 0 radical (unpaired) electrons. The Morgan fingerprint density at radius 1 is 1.73 bits per heavy atom. The zero-order valence-electron chi connectivity index (χ0n) is 6.16. The lowest BCUT2D eigenvalue weighted by Gasteiger charge is -1.97. The summed E-state index contributed by atoms with van der Waals surface area (Å²) in [4.78, 5) is 15.2. The van der Waals surface area contributed by atoms with Gasteiger partial charge in [-0.15, -0.1) is 11.3 Å². The molecule has 0 atom stereocenters. The Bertz CT molecular complexity index is 258. The van der Waals surface area contributed by atoms with Crippen LogP contribution in [-0.2, 0) is 4.74 Å². The van der Waals surface area contributed by atoms with Crippen LogP contribution in [-0.4, -0.2) is 18.2 Å². The molecule has 0 aliphatic heterocycles. The van der Waals surface area contributed by atoms with Crippen LogP contribution in [0.15, 0.2) is 5.51 Å². The van der Waals surface area contributed by atoms with Gasteiger partial charge in [0.05, 0.1) is 17.5 Å². The van der Waals surface area contributed by atoms with E-state index in [1.54, 1.807) is 5.51 Å². The van der Waals surface area contributed by atoms with Gasteiger partial charge in [0.1, 0.15) is 0 Å². The van der Waals surface area contributed by atoms with E-state index in [1.807, 2.05) is 6.92 Å². The summed E-state index contributed by atoms with van der Waals surface area (Å²) in [6, 6.07) is 0. The van der Waals surface area contributed by atoms with E-state index in [0.29, 0.717) is 5.88 Å². The normalized spacial score (nSPS) is 9.27. The summed E-state index contributed by atoms with van der Waals surface area (Å²) in [6.07, 6.45) is -0.737. The average Bonchev–Trinajstić information content (AvgIpc) is 2.37.